The van der Waals surface area contributed by atoms with E-state index < -0.39 is 0 Å². The summed E-state index contributed by atoms with van der Waals surface area (Å²) in [5.74, 6) is 1.66. The number of hydrogen-bond donors (Lipinski definition) is 0. The SMILES string of the molecule is COc1ccc(-c2nnc3s/c(=C\c4ccc(C(C)(C)C)cc4)c(=O)n23)cc1OC. The van der Waals surface area contributed by atoms with Crippen molar-refractivity contribution in [3.05, 3.63) is 68.5 Å². The van der Waals surface area contributed by atoms with Gasteiger partial charge < -0.3 is 9.47 Å². The van der Waals surface area contributed by atoms with Gasteiger partial charge in [0, 0.05) is 5.56 Å². The molecule has 2 heterocycles. The van der Waals surface area contributed by atoms with Crippen molar-refractivity contribution < 1.29 is 9.47 Å². The van der Waals surface area contributed by atoms with Gasteiger partial charge in [-0.1, -0.05) is 56.4 Å². The van der Waals surface area contributed by atoms with Gasteiger partial charge in [0.2, 0.25) is 4.96 Å². The van der Waals surface area contributed by atoms with Crippen molar-refractivity contribution >= 4 is 22.4 Å². The second-order valence-corrected chi connectivity index (χ2v) is 9.01. The molecular formula is C23H23N3O3S. The van der Waals surface area contributed by atoms with Crippen molar-refractivity contribution in [1.82, 2.24) is 14.6 Å². The molecule has 7 heteroatoms. The van der Waals surface area contributed by atoms with Gasteiger partial charge in [-0.2, -0.15) is 0 Å². The second-order valence-electron chi connectivity index (χ2n) is 8.00. The molecule has 2 aromatic heterocycles. The molecule has 0 aliphatic heterocycles. The van der Waals surface area contributed by atoms with Crippen molar-refractivity contribution in [2.24, 2.45) is 0 Å². The lowest BCUT2D eigenvalue weighted by Crippen LogP contribution is -2.23. The Labute approximate surface area is 178 Å². The smallest absolute Gasteiger partial charge is 0.276 e. The minimum Gasteiger partial charge on any atom is -0.493 e. The first-order valence-electron chi connectivity index (χ1n) is 9.54. The summed E-state index contributed by atoms with van der Waals surface area (Å²) in [5, 5.41) is 8.42. The van der Waals surface area contributed by atoms with Crippen LogP contribution in [0.4, 0.5) is 0 Å². The highest BCUT2D eigenvalue weighted by Crippen LogP contribution is 2.31. The van der Waals surface area contributed by atoms with E-state index in [4.69, 9.17) is 9.47 Å². The van der Waals surface area contributed by atoms with Crippen LogP contribution in [0.2, 0.25) is 0 Å². The van der Waals surface area contributed by atoms with Gasteiger partial charge in [-0.05, 0) is 40.8 Å². The summed E-state index contributed by atoms with van der Waals surface area (Å²) < 4.78 is 12.8. The third kappa shape index (κ3) is 3.57. The summed E-state index contributed by atoms with van der Waals surface area (Å²) in [7, 11) is 3.15. The highest BCUT2D eigenvalue weighted by Gasteiger charge is 2.16. The number of ether oxygens (including phenoxy) is 2. The fraction of sp³-hybridized carbons (Fsp3) is 0.261. The van der Waals surface area contributed by atoms with Gasteiger partial charge in [0.05, 0.1) is 18.8 Å². The molecule has 2 aromatic carbocycles. The van der Waals surface area contributed by atoms with Gasteiger partial charge in [0.25, 0.3) is 5.56 Å². The number of thiazole rings is 1. The maximum atomic E-state index is 13.1. The Balaban J connectivity index is 1.79. The maximum absolute atomic E-state index is 13.1. The van der Waals surface area contributed by atoms with E-state index in [9.17, 15) is 4.79 Å². The molecule has 0 saturated carbocycles. The predicted octanol–water partition coefficient (Wildman–Crippen LogP) is 3.68. The highest BCUT2D eigenvalue weighted by atomic mass is 32.1. The topological polar surface area (TPSA) is 65.7 Å². The number of nitrogens with zero attached hydrogens (tertiary/aromatic N) is 3. The number of aromatic nitrogens is 3. The maximum Gasteiger partial charge on any atom is 0.276 e. The predicted molar refractivity (Wildman–Crippen MR) is 120 cm³/mol. The first-order chi connectivity index (χ1) is 14.3. The van der Waals surface area contributed by atoms with Crippen LogP contribution in [0.1, 0.15) is 31.9 Å². The fourth-order valence-corrected chi connectivity index (χ4v) is 4.17. The Morgan fingerprint density at radius 1 is 0.967 bits per heavy atom. The summed E-state index contributed by atoms with van der Waals surface area (Å²) >= 11 is 1.33. The second kappa shape index (κ2) is 7.57. The number of fused-ring (bicyclic) bond motifs is 1. The summed E-state index contributed by atoms with van der Waals surface area (Å²) in [4.78, 5) is 13.7. The molecule has 4 aromatic rings. The Morgan fingerprint density at radius 2 is 1.67 bits per heavy atom. The lowest BCUT2D eigenvalue weighted by atomic mass is 9.87. The van der Waals surface area contributed by atoms with Crippen LogP contribution in [0.15, 0.2) is 47.3 Å². The number of hydrogen-bond acceptors (Lipinski definition) is 6. The summed E-state index contributed by atoms with van der Waals surface area (Å²) in [6.45, 7) is 6.54. The number of methoxy groups -OCH3 is 2. The highest BCUT2D eigenvalue weighted by molar-refractivity contribution is 7.15. The average molecular weight is 422 g/mol. The molecule has 6 nitrogen and oxygen atoms in total. The van der Waals surface area contributed by atoms with E-state index in [2.05, 4.69) is 43.1 Å². The van der Waals surface area contributed by atoms with Crippen LogP contribution in [-0.4, -0.2) is 28.8 Å². The van der Waals surface area contributed by atoms with E-state index in [1.807, 2.05) is 24.3 Å². The molecule has 0 atom stereocenters. The lowest BCUT2D eigenvalue weighted by molar-refractivity contribution is 0.355. The van der Waals surface area contributed by atoms with Crippen LogP contribution in [0.5, 0.6) is 11.5 Å². The minimum atomic E-state index is -0.135. The Bertz CT molecular complexity index is 1310. The quantitative estimate of drug-likeness (QED) is 0.503. The molecule has 0 bridgehead atoms. The first-order valence-corrected chi connectivity index (χ1v) is 10.4. The number of rotatable bonds is 4. The molecular weight excluding hydrogens is 398 g/mol. The molecule has 4 rings (SSSR count). The van der Waals surface area contributed by atoms with Crippen molar-refractivity contribution in [3.63, 3.8) is 0 Å². The largest absolute Gasteiger partial charge is 0.493 e. The van der Waals surface area contributed by atoms with Gasteiger partial charge in [-0.15, -0.1) is 10.2 Å². The summed E-state index contributed by atoms with van der Waals surface area (Å²) in [6, 6.07) is 13.7. The Kier molecular flexibility index (Phi) is 5.07. The summed E-state index contributed by atoms with van der Waals surface area (Å²) in [5.41, 5.74) is 2.92. The van der Waals surface area contributed by atoms with Crippen LogP contribution < -0.4 is 19.6 Å². The molecule has 154 valence electrons. The molecule has 0 saturated heterocycles. The van der Waals surface area contributed by atoms with Crippen molar-refractivity contribution in [1.29, 1.82) is 0 Å². The van der Waals surface area contributed by atoms with Gasteiger partial charge >= 0.3 is 0 Å². The number of benzene rings is 2. The molecule has 0 aliphatic rings. The standard InChI is InChI=1S/C23H23N3O3S/c1-23(2,3)16-9-6-14(7-10-16)12-19-21(27)26-20(24-25-22(26)30-19)15-8-11-17(28-4)18(13-15)29-5/h6-13H,1-5H3/b19-12-. The van der Waals surface area contributed by atoms with E-state index >= 15 is 0 Å². The molecule has 0 spiro atoms. The Hall–Kier alpha value is -3.19. The van der Waals surface area contributed by atoms with Crippen molar-refractivity contribution in [2.45, 2.75) is 26.2 Å². The zero-order valence-corrected chi connectivity index (χ0v) is 18.4. The van der Waals surface area contributed by atoms with E-state index in [-0.39, 0.29) is 11.0 Å². The van der Waals surface area contributed by atoms with E-state index in [0.717, 1.165) is 11.1 Å². The van der Waals surface area contributed by atoms with Crippen molar-refractivity contribution in [2.75, 3.05) is 14.2 Å². The lowest BCUT2D eigenvalue weighted by Gasteiger charge is -2.18. The van der Waals surface area contributed by atoms with Crippen LogP contribution in [-0.2, 0) is 5.41 Å². The molecule has 30 heavy (non-hydrogen) atoms. The van der Waals surface area contributed by atoms with E-state index in [0.29, 0.717) is 26.8 Å². The molecule has 0 aliphatic carbocycles. The molecule has 0 amide bonds. The molecule has 0 radical (unpaired) electrons. The molecule has 0 N–H and O–H groups in total. The summed E-state index contributed by atoms with van der Waals surface area (Å²) in [6.07, 6.45) is 1.90. The normalized spacial score (nSPS) is 12.5. The van der Waals surface area contributed by atoms with Gasteiger partial charge in [-0.25, -0.2) is 4.40 Å². The average Bonchev–Trinajstić information content (AvgIpc) is 3.27. The van der Waals surface area contributed by atoms with Gasteiger partial charge in [0.1, 0.15) is 0 Å². The van der Waals surface area contributed by atoms with Crippen LogP contribution in [0.25, 0.3) is 22.4 Å². The fourth-order valence-electron chi connectivity index (χ4n) is 3.26. The third-order valence-electron chi connectivity index (χ3n) is 4.96. The monoisotopic (exact) mass is 421 g/mol. The zero-order valence-electron chi connectivity index (χ0n) is 17.6. The van der Waals surface area contributed by atoms with E-state index in [1.54, 1.807) is 30.8 Å². The Morgan fingerprint density at radius 3 is 2.30 bits per heavy atom. The van der Waals surface area contributed by atoms with Gasteiger partial charge in [-0.3, -0.25) is 4.79 Å². The molecule has 0 fully saturated rings. The first kappa shape index (κ1) is 20.1. The van der Waals surface area contributed by atoms with Crippen LogP contribution in [0.3, 0.4) is 0 Å². The minimum absolute atomic E-state index is 0.0891. The van der Waals surface area contributed by atoms with Crippen LogP contribution >= 0.6 is 11.3 Å². The zero-order chi connectivity index (χ0) is 21.5. The van der Waals surface area contributed by atoms with E-state index in [1.165, 1.54) is 16.9 Å². The van der Waals surface area contributed by atoms with Crippen LogP contribution in [0, 0.1) is 0 Å². The third-order valence-corrected chi connectivity index (χ3v) is 5.92. The van der Waals surface area contributed by atoms with Crippen molar-refractivity contribution in [3.8, 4) is 22.9 Å². The van der Waals surface area contributed by atoms with Gasteiger partial charge in [0.15, 0.2) is 17.3 Å². The molecule has 0 unspecified atom stereocenters.